The fraction of sp³-hybridized carbons (Fsp3) is 0.412. The molecule has 3 heterocycles. The van der Waals surface area contributed by atoms with Gasteiger partial charge in [0, 0.05) is 12.1 Å². The fourth-order valence-corrected chi connectivity index (χ4v) is 2.89. The van der Waals surface area contributed by atoms with E-state index in [4.69, 9.17) is 4.74 Å². The van der Waals surface area contributed by atoms with Gasteiger partial charge in [0.15, 0.2) is 10.8 Å². The van der Waals surface area contributed by atoms with Crippen LogP contribution in [-0.2, 0) is 10.3 Å². The molecule has 8 nitrogen and oxygen atoms in total. The van der Waals surface area contributed by atoms with Gasteiger partial charge in [-0.15, -0.1) is 0 Å². The first-order chi connectivity index (χ1) is 12.8. The molecule has 144 valence electrons. The van der Waals surface area contributed by atoms with Crippen LogP contribution in [0.15, 0.2) is 23.5 Å². The van der Waals surface area contributed by atoms with Crippen LogP contribution < -0.4 is 10.6 Å². The number of carbonyl (C=O) groups excluding carboxylic acids is 1. The Labute approximate surface area is 160 Å². The highest BCUT2D eigenvalue weighted by molar-refractivity contribution is 7.98. The van der Waals surface area contributed by atoms with E-state index in [1.54, 1.807) is 5.32 Å². The number of carbonyl (C=O) groups is 1. The highest BCUT2D eigenvalue weighted by Gasteiger charge is 2.42. The first-order valence-corrected chi connectivity index (χ1v) is 9.58. The molecule has 1 fully saturated rings. The summed E-state index contributed by atoms with van der Waals surface area (Å²) in [4.78, 5) is 25.2. The van der Waals surface area contributed by atoms with Crippen LogP contribution in [0.5, 0.6) is 0 Å². The number of hydrogen-bond acceptors (Lipinski definition) is 7. The predicted octanol–water partition coefficient (Wildman–Crippen LogP) is 0.615. The van der Waals surface area contributed by atoms with Crippen molar-refractivity contribution >= 4 is 29.3 Å². The maximum atomic E-state index is 14.1. The van der Waals surface area contributed by atoms with E-state index < -0.39 is 11.4 Å². The molecule has 4 N–H and O–H groups in total. The molecule has 0 aliphatic carbocycles. The third-order valence-corrected chi connectivity index (χ3v) is 4.48. The third-order valence-electron chi connectivity index (χ3n) is 3.92. The van der Waals surface area contributed by atoms with Gasteiger partial charge >= 0.3 is 0 Å². The summed E-state index contributed by atoms with van der Waals surface area (Å²) in [6.45, 7) is 3.69. The number of nitrogens with one attached hydrogen (secondary N) is 1. The van der Waals surface area contributed by atoms with Gasteiger partial charge in [0.1, 0.15) is 17.1 Å². The lowest BCUT2D eigenvalue weighted by Crippen LogP contribution is -2.73. The number of nitrogens with zero attached hydrogens (tertiary/aromatic N) is 3. The number of aliphatic hydroxyl groups is 1. The predicted molar refractivity (Wildman–Crippen MR) is 96.6 cm³/mol. The summed E-state index contributed by atoms with van der Waals surface area (Å²) in [7, 11) is 0. The van der Waals surface area contributed by atoms with Crippen molar-refractivity contribution in [2.75, 3.05) is 19.5 Å². The van der Waals surface area contributed by atoms with E-state index in [2.05, 4.69) is 20.3 Å². The van der Waals surface area contributed by atoms with E-state index in [9.17, 15) is 14.3 Å². The van der Waals surface area contributed by atoms with E-state index >= 15 is 0 Å². The Morgan fingerprint density at radius 2 is 2.15 bits per heavy atom. The molecule has 1 amide bonds. The second-order valence-corrected chi connectivity index (χ2v) is 7.29. The quantitative estimate of drug-likeness (QED) is 0.486. The molecule has 0 saturated carbocycles. The second-order valence-electron chi connectivity index (χ2n) is 6.52. The number of thioether (sulfide) groups is 1. The molecule has 1 saturated heterocycles. The van der Waals surface area contributed by atoms with Crippen molar-refractivity contribution in [2.24, 2.45) is 0 Å². The van der Waals surface area contributed by atoms with Crippen molar-refractivity contribution < 1.29 is 24.3 Å². The van der Waals surface area contributed by atoms with Gasteiger partial charge in [-0.2, -0.15) is 9.97 Å². The van der Waals surface area contributed by atoms with E-state index in [1.807, 2.05) is 20.1 Å². The number of quaternary nitrogens is 1. The fourth-order valence-electron chi connectivity index (χ4n) is 2.54. The van der Waals surface area contributed by atoms with Gasteiger partial charge in [-0.1, -0.05) is 11.8 Å². The largest absolute Gasteiger partial charge is 0.379 e. The lowest BCUT2D eigenvalue weighted by Gasteiger charge is -2.35. The molecular formula is C17H21FN5O3S+. The molecule has 0 unspecified atom stereocenters. The topological polar surface area (TPSA) is 114 Å². The van der Waals surface area contributed by atoms with Gasteiger partial charge in [-0.3, -0.25) is 4.79 Å². The van der Waals surface area contributed by atoms with Gasteiger partial charge < -0.3 is 15.2 Å². The minimum absolute atomic E-state index is 0.00739. The molecular weight excluding hydrogens is 373 g/mol. The molecule has 10 heteroatoms. The number of pyridine rings is 1. The normalized spacial score (nSPS) is 15.5. The van der Waals surface area contributed by atoms with Crippen molar-refractivity contribution in [2.45, 2.75) is 30.6 Å². The van der Waals surface area contributed by atoms with E-state index in [0.717, 1.165) is 0 Å². The SMILES string of the molecule is CSc1ncc(C(=O)NC(C)C)c([NH2+]c2ccc(F)c(C3(O)COC3)n2)n1. The summed E-state index contributed by atoms with van der Waals surface area (Å²) in [5, 5.41) is 15.2. The van der Waals surface area contributed by atoms with Gasteiger partial charge in [-0.25, -0.2) is 14.7 Å². The maximum absolute atomic E-state index is 14.1. The van der Waals surface area contributed by atoms with Gasteiger partial charge in [-0.05, 0) is 26.2 Å². The zero-order chi connectivity index (χ0) is 19.6. The summed E-state index contributed by atoms with van der Waals surface area (Å²) in [6, 6.07) is 2.65. The Morgan fingerprint density at radius 1 is 1.41 bits per heavy atom. The minimum atomic E-state index is -1.43. The Kier molecular flexibility index (Phi) is 5.70. The molecule has 2 aromatic rings. The average Bonchev–Trinajstić information content (AvgIpc) is 2.60. The van der Waals surface area contributed by atoms with Crippen molar-refractivity contribution in [1.82, 2.24) is 20.3 Å². The number of rotatable bonds is 6. The summed E-state index contributed by atoms with van der Waals surface area (Å²) in [5.41, 5.74) is -1.21. The summed E-state index contributed by atoms with van der Waals surface area (Å²) >= 11 is 1.34. The Balaban J connectivity index is 1.94. The molecule has 27 heavy (non-hydrogen) atoms. The highest BCUT2D eigenvalue weighted by atomic mass is 32.2. The Hall–Kier alpha value is -2.14. The lowest BCUT2D eigenvalue weighted by atomic mass is 9.97. The van der Waals surface area contributed by atoms with Gasteiger partial charge in [0.25, 0.3) is 5.91 Å². The molecule has 0 atom stereocenters. The van der Waals surface area contributed by atoms with Crippen molar-refractivity contribution in [3.63, 3.8) is 0 Å². The van der Waals surface area contributed by atoms with Crippen LogP contribution in [0.25, 0.3) is 0 Å². The first kappa shape index (κ1) is 19.6. The van der Waals surface area contributed by atoms with Crippen LogP contribution in [-0.4, -0.2) is 51.5 Å². The molecule has 0 spiro atoms. The van der Waals surface area contributed by atoms with Crippen molar-refractivity contribution in [1.29, 1.82) is 0 Å². The maximum Gasteiger partial charge on any atom is 0.260 e. The minimum Gasteiger partial charge on any atom is -0.379 e. The number of halogens is 1. The number of ether oxygens (including phenoxy) is 1. The van der Waals surface area contributed by atoms with E-state index in [-0.39, 0.29) is 30.9 Å². The van der Waals surface area contributed by atoms with E-state index in [0.29, 0.717) is 22.4 Å². The standard InChI is InChI=1S/C17H20FN5O3S/c1-9(2)20-15(24)10-6-19-16(27-3)23-14(10)22-12-5-4-11(18)13(21-12)17(25)7-26-8-17/h4-6,9,25H,7-8H2,1-3H3,(H,20,24)(H,19,21,22,23)/p+1. The second kappa shape index (κ2) is 7.85. The zero-order valence-corrected chi connectivity index (χ0v) is 16.0. The van der Waals surface area contributed by atoms with Crippen LogP contribution in [0.3, 0.4) is 0 Å². The molecule has 1 aliphatic rings. The van der Waals surface area contributed by atoms with Crippen LogP contribution >= 0.6 is 11.8 Å². The lowest BCUT2D eigenvalue weighted by molar-refractivity contribution is -0.488. The van der Waals surface area contributed by atoms with Crippen molar-refractivity contribution in [3.05, 3.63) is 35.4 Å². The number of aromatic nitrogens is 3. The molecule has 0 radical (unpaired) electrons. The van der Waals surface area contributed by atoms with Crippen LogP contribution in [0.1, 0.15) is 29.9 Å². The molecule has 0 aromatic carbocycles. The Bertz CT molecular complexity index is 860. The molecule has 0 bridgehead atoms. The molecule has 1 aliphatic heterocycles. The van der Waals surface area contributed by atoms with E-state index in [1.165, 1.54) is 30.1 Å². The van der Waals surface area contributed by atoms with Crippen LogP contribution in [0.4, 0.5) is 16.0 Å². The zero-order valence-electron chi connectivity index (χ0n) is 15.2. The van der Waals surface area contributed by atoms with Crippen LogP contribution in [0, 0.1) is 5.82 Å². The summed E-state index contributed by atoms with van der Waals surface area (Å²) in [6.07, 6.45) is 3.29. The first-order valence-electron chi connectivity index (χ1n) is 8.36. The number of nitrogens with two attached hydrogens (primary N) is 1. The van der Waals surface area contributed by atoms with Crippen molar-refractivity contribution in [3.8, 4) is 0 Å². The monoisotopic (exact) mass is 394 g/mol. The number of hydrogen-bond donors (Lipinski definition) is 3. The van der Waals surface area contributed by atoms with Gasteiger partial charge in [0.2, 0.25) is 11.6 Å². The molecule has 2 aromatic heterocycles. The molecule has 3 rings (SSSR count). The third kappa shape index (κ3) is 4.24. The number of amides is 1. The average molecular weight is 394 g/mol. The summed E-state index contributed by atoms with van der Waals surface area (Å²) < 4.78 is 19.1. The smallest absolute Gasteiger partial charge is 0.260 e. The Morgan fingerprint density at radius 3 is 2.74 bits per heavy atom. The van der Waals surface area contributed by atoms with Crippen LogP contribution in [0.2, 0.25) is 0 Å². The van der Waals surface area contributed by atoms with Gasteiger partial charge in [0.05, 0.1) is 19.4 Å². The highest BCUT2D eigenvalue weighted by Crippen LogP contribution is 2.30. The summed E-state index contributed by atoms with van der Waals surface area (Å²) in [5.74, 6) is -0.175.